The van der Waals surface area contributed by atoms with Crippen molar-refractivity contribution >= 4 is 11.8 Å². The second-order valence-electron chi connectivity index (χ2n) is 7.88. The standard InChI is InChI=1S/C26H25FN2O3/c1-32-20-11-7-10-19(14-20)22-16-29(26(31)21-12-5-6-13-24(21)27)17-23(22)25(30)28-15-18-8-3-2-4-9-18/h2-14,22-23H,15-17H2,1H3,(H,28,30). The van der Waals surface area contributed by atoms with Gasteiger partial charge in [-0.25, -0.2) is 4.39 Å². The number of nitrogens with zero attached hydrogens (tertiary/aromatic N) is 1. The van der Waals surface area contributed by atoms with E-state index in [1.165, 1.54) is 12.1 Å². The van der Waals surface area contributed by atoms with Gasteiger partial charge in [0, 0.05) is 25.6 Å². The molecule has 5 nitrogen and oxygen atoms in total. The highest BCUT2D eigenvalue weighted by molar-refractivity contribution is 5.95. The summed E-state index contributed by atoms with van der Waals surface area (Å²) in [5.41, 5.74) is 1.92. The topological polar surface area (TPSA) is 58.6 Å². The molecule has 32 heavy (non-hydrogen) atoms. The second-order valence-corrected chi connectivity index (χ2v) is 7.88. The highest BCUT2D eigenvalue weighted by Gasteiger charge is 2.41. The van der Waals surface area contributed by atoms with Crippen LogP contribution in [0.25, 0.3) is 0 Å². The maximum atomic E-state index is 14.2. The minimum atomic E-state index is -0.563. The lowest BCUT2D eigenvalue weighted by molar-refractivity contribution is -0.125. The number of halogens is 1. The Morgan fingerprint density at radius 2 is 1.75 bits per heavy atom. The summed E-state index contributed by atoms with van der Waals surface area (Å²) in [4.78, 5) is 27.8. The Bertz CT molecular complexity index is 1100. The zero-order chi connectivity index (χ0) is 22.5. The van der Waals surface area contributed by atoms with E-state index in [1.807, 2.05) is 54.6 Å². The number of hydrogen-bond acceptors (Lipinski definition) is 3. The van der Waals surface area contributed by atoms with Gasteiger partial charge in [-0.1, -0.05) is 54.6 Å². The highest BCUT2D eigenvalue weighted by atomic mass is 19.1. The van der Waals surface area contributed by atoms with E-state index >= 15 is 0 Å². The van der Waals surface area contributed by atoms with Crippen molar-refractivity contribution in [2.24, 2.45) is 5.92 Å². The Labute approximate surface area is 186 Å². The molecule has 0 saturated carbocycles. The smallest absolute Gasteiger partial charge is 0.256 e. The van der Waals surface area contributed by atoms with Crippen molar-refractivity contribution in [3.05, 3.63) is 101 Å². The molecular weight excluding hydrogens is 407 g/mol. The Hall–Kier alpha value is -3.67. The van der Waals surface area contributed by atoms with Crippen molar-refractivity contribution in [3.63, 3.8) is 0 Å². The summed E-state index contributed by atoms with van der Waals surface area (Å²) in [6, 6.07) is 23.1. The fraction of sp³-hybridized carbons (Fsp3) is 0.231. The highest BCUT2D eigenvalue weighted by Crippen LogP contribution is 2.35. The van der Waals surface area contributed by atoms with Crippen LogP contribution >= 0.6 is 0 Å². The lowest BCUT2D eigenvalue weighted by Crippen LogP contribution is -2.35. The van der Waals surface area contributed by atoms with Crippen molar-refractivity contribution in [1.29, 1.82) is 0 Å². The van der Waals surface area contributed by atoms with Gasteiger partial charge in [-0.05, 0) is 35.4 Å². The van der Waals surface area contributed by atoms with Gasteiger partial charge in [0.2, 0.25) is 5.91 Å². The van der Waals surface area contributed by atoms with E-state index < -0.39 is 17.6 Å². The molecule has 2 unspecified atom stereocenters. The summed E-state index contributed by atoms with van der Waals surface area (Å²) in [5, 5.41) is 3.00. The first-order valence-corrected chi connectivity index (χ1v) is 10.6. The number of rotatable bonds is 6. The maximum Gasteiger partial charge on any atom is 0.256 e. The van der Waals surface area contributed by atoms with E-state index in [9.17, 15) is 14.0 Å². The van der Waals surface area contributed by atoms with Crippen molar-refractivity contribution in [2.45, 2.75) is 12.5 Å². The molecule has 1 N–H and O–H groups in total. The van der Waals surface area contributed by atoms with Crippen LogP contribution in [0.5, 0.6) is 5.75 Å². The van der Waals surface area contributed by atoms with Crippen LogP contribution in [0.1, 0.15) is 27.4 Å². The summed E-state index contributed by atoms with van der Waals surface area (Å²) < 4.78 is 19.6. The molecule has 6 heteroatoms. The first kappa shape index (κ1) is 21.6. The normalized spacial score (nSPS) is 17.8. The Morgan fingerprint density at radius 3 is 2.50 bits per heavy atom. The number of carbonyl (C=O) groups excluding carboxylic acids is 2. The molecule has 1 aliphatic rings. The third-order valence-electron chi connectivity index (χ3n) is 5.88. The summed E-state index contributed by atoms with van der Waals surface area (Å²) in [5.74, 6) is -1.10. The zero-order valence-electron chi connectivity index (χ0n) is 17.8. The lowest BCUT2D eigenvalue weighted by Gasteiger charge is -2.18. The van der Waals surface area contributed by atoms with Crippen LogP contribution in [0.2, 0.25) is 0 Å². The van der Waals surface area contributed by atoms with E-state index in [1.54, 1.807) is 24.1 Å². The minimum Gasteiger partial charge on any atom is -0.497 e. The van der Waals surface area contributed by atoms with E-state index in [0.717, 1.165) is 11.1 Å². The van der Waals surface area contributed by atoms with Gasteiger partial charge in [0.1, 0.15) is 11.6 Å². The number of ether oxygens (including phenoxy) is 1. The van der Waals surface area contributed by atoms with Crippen molar-refractivity contribution in [1.82, 2.24) is 10.2 Å². The average molecular weight is 432 g/mol. The molecule has 4 rings (SSSR count). The van der Waals surface area contributed by atoms with Crippen LogP contribution in [0.4, 0.5) is 4.39 Å². The van der Waals surface area contributed by atoms with Gasteiger partial charge in [-0.3, -0.25) is 9.59 Å². The largest absolute Gasteiger partial charge is 0.497 e. The third kappa shape index (κ3) is 4.64. The van der Waals surface area contributed by atoms with Gasteiger partial charge in [-0.2, -0.15) is 0 Å². The number of carbonyl (C=O) groups is 2. The van der Waals surface area contributed by atoms with Gasteiger partial charge < -0.3 is 15.0 Å². The van der Waals surface area contributed by atoms with Gasteiger partial charge in [-0.15, -0.1) is 0 Å². The molecule has 0 spiro atoms. The van der Waals surface area contributed by atoms with Gasteiger partial charge >= 0.3 is 0 Å². The van der Waals surface area contributed by atoms with Crippen molar-refractivity contribution in [3.8, 4) is 5.75 Å². The summed E-state index contributed by atoms with van der Waals surface area (Å²) in [6.07, 6.45) is 0. The third-order valence-corrected chi connectivity index (χ3v) is 5.88. The number of hydrogen-bond donors (Lipinski definition) is 1. The average Bonchev–Trinajstić information content (AvgIpc) is 3.29. The first-order valence-electron chi connectivity index (χ1n) is 10.6. The molecule has 1 aliphatic heterocycles. The summed E-state index contributed by atoms with van der Waals surface area (Å²) in [7, 11) is 1.59. The van der Waals surface area contributed by atoms with Gasteiger partial charge in [0.15, 0.2) is 0 Å². The number of likely N-dealkylation sites (tertiary alicyclic amines) is 1. The SMILES string of the molecule is COc1cccc(C2CN(C(=O)c3ccccc3F)CC2C(=O)NCc2ccccc2)c1. The maximum absolute atomic E-state index is 14.2. The molecule has 3 aromatic rings. The Kier molecular flexibility index (Phi) is 6.50. The fourth-order valence-corrected chi connectivity index (χ4v) is 4.17. The van der Waals surface area contributed by atoms with E-state index in [2.05, 4.69) is 5.32 Å². The first-order chi connectivity index (χ1) is 15.6. The van der Waals surface area contributed by atoms with E-state index in [0.29, 0.717) is 18.8 Å². The zero-order valence-corrected chi connectivity index (χ0v) is 17.8. The summed E-state index contributed by atoms with van der Waals surface area (Å²) >= 11 is 0. The molecule has 0 radical (unpaired) electrons. The molecule has 0 aromatic heterocycles. The van der Waals surface area contributed by atoms with Crippen LogP contribution < -0.4 is 10.1 Å². The van der Waals surface area contributed by atoms with Crippen LogP contribution in [0.15, 0.2) is 78.9 Å². The van der Waals surface area contributed by atoms with Crippen molar-refractivity contribution < 1.29 is 18.7 Å². The molecule has 1 saturated heterocycles. The summed E-state index contributed by atoms with van der Waals surface area (Å²) in [6.45, 7) is 0.946. The second kappa shape index (κ2) is 9.64. The predicted molar refractivity (Wildman–Crippen MR) is 120 cm³/mol. The Morgan fingerprint density at radius 1 is 1.00 bits per heavy atom. The van der Waals surface area contributed by atoms with Crippen LogP contribution in [0.3, 0.4) is 0 Å². The van der Waals surface area contributed by atoms with Gasteiger partial charge in [0.05, 0.1) is 18.6 Å². The number of nitrogens with one attached hydrogen (secondary N) is 1. The van der Waals surface area contributed by atoms with Crippen LogP contribution in [-0.2, 0) is 11.3 Å². The Balaban J connectivity index is 1.58. The molecule has 0 bridgehead atoms. The number of amides is 2. The molecule has 3 aromatic carbocycles. The monoisotopic (exact) mass is 432 g/mol. The molecule has 0 aliphatic carbocycles. The van der Waals surface area contributed by atoms with Crippen LogP contribution in [-0.4, -0.2) is 36.9 Å². The predicted octanol–water partition coefficient (Wildman–Crippen LogP) is 4.01. The molecule has 2 atom stereocenters. The van der Waals surface area contributed by atoms with E-state index in [-0.39, 0.29) is 23.9 Å². The molecule has 1 heterocycles. The quantitative estimate of drug-likeness (QED) is 0.640. The van der Waals surface area contributed by atoms with Crippen molar-refractivity contribution in [2.75, 3.05) is 20.2 Å². The van der Waals surface area contributed by atoms with Gasteiger partial charge in [0.25, 0.3) is 5.91 Å². The van der Waals surface area contributed by atoms with E-state index in [4.69, 9.17) is 4.74 Å². The fourth-order valence-electron chi connectivity index (χ4n) is 4.17. The molecule has 2 amide bonds. The lowest BCUT2D eigenvalue weighted by atomic mass is 9.88. The molecular formula is C26H25FN2O3. The molecule has 1 fully saturated rings. The number of benzene rings is 3. The minimum absolute atomic E-state index is 0.0160. The number of methoxy groups -OCH3 is 1. The molecule has 164 valence electrons. The van der Waals surface area contributed by atoms with Crippen LogP contribution in [0, 0.1) is 11.7 Å².